The third-order valence-electron chi connectivity index (χ3n) is 9.16. The number of halogens is 1. The second kappa shape index (κ2) is 14.2. The maximum absolute atomic E-state index is 14.1. The molecular weight excluding hydrogens is 664 g/mol. The van der Waals surface area contributed by atoms with E-state index in [2.05, 4.69) is 26.2 Å². The molecule has 47 heavy (non-hydrogen) atoms. The summed E-state index contributed by atoms with van der Waals surface area (Å²) in [7, 11) is 0. The molecule has 11 heteroatoms. The number of nitrogens with one attached hydrogen (secondary N) is 1. The summed E-state index contributed by atoms with van der Waals surface area (Å²) in [6.07, 6.45) is 9.12. The molecule has 0 radical (unpaired) electrons. The zero-order chi connectivity index (χ0) is 33.0. The Labute approximate surface area is 281 Å². The third kappa shape index (κ3) is 7.01. The predicted octanol–water partition coefficient (Wildman–Crippen LogP) is 5.68. The van der Waals surface area contributed by atoms with Gasteiger partial charge in [0.25, 0.3) is 0 Å². The molecule has 3 heterocycles. The van der Waals surface area contributed by atoms with Gasteiger partial charge in [0, 0.05) is 27.8 Å². The van der Waals surface area contributed by atoms with Crippen LogP contribution in [0.1, 0.15) is 51.9 Å². The molecule has 5 atom stereocenters. The van der Waals surface area contributed by atoms with Crippen molar-refractivity contribution < 1.29 is 28.7 Å². The smallest absolute Gasteiger partial charge is 0.332 e. The van der Waals surface area contributed by atoms with E-state index in [0.717, 1.165) is 45.8 Å². The Bertz CT molecular complexity index is 1760. The molecule has 1 N–H and O–H groups in total. The number of hydrogen-bond donors (Lipinski definition) is 1. The van der Waals surface area contributed by atoms with Crippen molar-refractivity contribution in [3.63, 3.8) is 0 Å². The Balaban J connectivity index is 1.35. The minimum atomic E-state index is -1.19. The zero-order valence-corrected chi connectivity index (χ0v) is 27.8. The molecule has 2 amide bonds. The third-order valence-corrected chi connectivity index (χ3v) is 9.66. The van der Waals surface area contributed by atoms with E-state index in [0.29, 0.717) is 25.1 Å². The van der Waals surface area contributed by atoms with Crippen molar-refractivity contribution in [1.82, 2.24) is 15.2 Å². The summed E-state index contributed by atoms with van der Waals surface area (Å²) in [5, 5.41) is 3.91. The number of carbonyl (C=O) groups is 3. The van der Waals surface area contributed by atoms with Crippen LogP contribution in [0.25, 0.3) is 22.0 Å². The van der Waals surface area contributed by atoms with Gasteiger partial charge < -0.3 is 19.7 Å². The molecule has 6 rings (SSSR count). The van der Waals surface area contributed by atoms with Crippen LogP contribution in [0.15, 0.2) is 76.2 Å². The largest absolute Gasteiger partial charge is 0.472 e. The number of fused-ring (bicyclic) bond motifs is 3. The van der Waals surface area contributed by atoms with Gasteiger partial charge in [-0.1, -0.05) is 71.3 Å². The Morgan fingerprint density at radius 2 is 2.00 bits per heavy atom. The molecule has 1 saturated heterocycles. The lowest BCUT2D eigenvalue weighted by molar-refractivity contribution is -0.150. The van der Waals surface area contributed by atoms with E-state index in [1.807, 2.05) is 66.7 Å². The average molecular weight is 702 g/mol. The number of amides is 2. The topological polar surface area (TPSA) is 127 Å². The second-order valence-corrected chi connectivity index (χ2v) is 13.2. The lowest BCUT2D eigenvalue weighted by Gasteiger charge is -2.27. The van der Waals surface area contributed by atoms with Gasteiger partial charge in [0.05, 0.1) is 18.7 Å². The molecule has 0 spiro atoms. The summed E-state index contributed by atoms with van der Waals surface area (Å²) in [5.74, 6) is -1.23. The van der Waals surface area contributed by atoms with E-state index in [4.69, 9.17) is 14.5 Å². The Morgan fingerprint density at radius 3 is 2.81 bits per heavy atom. The fraction of sp³-hybridized carbons (Fsp3) is 0.417. The zero-order valence-electron chi connectivity index (χ0n) is 26.2. The van der Waals surface area contributed by atoms with Crippen molar-refractivity contribution in [2.24, 2.45) is 10.9 Å². The molecule has 10 nitrogen and oxygen atoms in total. The number of esters is 1. The maximum atomic E-state index is 14.1. The highest BCUT2D eigenvalue weighted by Gasteiger charge is 2.62. The standard InChI is InChI=1S/C36H37BrN4O6/c1-2-46-35(45)36-20-25(36)13-6-4-3-5-7-16-30(38-22-42)34(44)41-21-27(19-31(41)32(43)40-36)47-33-28(23-12-10-14-26(37)17-23)18-24-11-8-9-15-29(24)39-33/h6,8-15,17-18,25,27,30-31H,2-5,7,16,19-21H2,1H3,(H,40,43)/b13-6-/t25-,27-,30+,31+,36-/m1/s1. The Hall–Kier alpha value is -4.34. The average Bonchev–Trinajstić information content (AvgIpc) is 3.59. The number of aliphatic imine (C=N–C) groups is 1. The monoisotopic (exact) mass is 700 g/mol. The number of nitrogens with zero attached hydrogens (tertiary/aromatic N) is 3. The molecular formula is C36H37BrN4O6. The number of pyridine rings is 1. The van der Waals surface area contributed by atoms with Gasteiger partial charge in [0.1, 0.15) is 23.7 Å². The van der Waals surface area contributed by atoms with Gasteiger partial charge in [-0.25, -0.2) is 14.6 Å². The molecule has 2 aliphatic heterocycles. The number of isocyanates is 1. The fourth-order valence-electron chi connectivity index (χ4n) is 6.63. The van der Waals surface area contributed by atoms with Gasteiger partial charge >= 0.3 is 5.97 Å². The number of carbonyl (C=O) groups excluding carboxylic acids is 4. The van der Waals surface area contributed by atoms with Crippen LogP contribution in [0.3, 0.4) is 0 Å². The minimum absolute atomic E-state index is 0.0734. The number of rotatable bonds is 6. The highest BCUT2D eigenvalue weighted by Crippen LogP contribution is 2.46. The normalized spacial score (nSPS) is 26.9. The first-order chi connectivity index (χ1) is 22.8. The maximum Gasteiger partial charge on any atom is 0.332 e. The molecule has 244 valence electrons. The van der Waals surface area contributed by atoms with E-state index in [1.54, 1.807) is 13.0 Å². The lowest BCUT2D eigenvalue weighted by Crippen LogP contribution is -2.54. The van der Waals surface area contributed by atoms with Gasteiger partial charge in [-0.2, -0.15) is 4.99 Å². The predicted molar refractivity (Wildman–Crippen MR) is 179 cm³/mol. The lowest BCUT2D eigenvalue weighted by atomic mass is 10.0. The van der Waals surface area contributed by atoms with E-state index in [1.165, 1.54) is 4.90 Å². The molecule has 1 aliphatic carbocycles. The van der Waals surface area contributed by atoms with E-state index < -0.39 is 41.5 Å². The van der Waals surface area contributed by atoms with Crippen molar-refractivity contribution in [1.29, 1.82) is 0 Å². The summed E-state index contributed by atoms with van der Waals surface area (Å²) in [4.78, 5) is 62.8. The van der Waals surface area contributed by atoms with E-state index in [9.17, 15) is 19.2 Å². The first-order valence-corrected chi connectivity index (χ1v) is 17.0. The van der Waals surface area contributed by atoms with Gasteiger partial charge in [-0.15, -0.1) is 0 Å². The molecule has 0 bridgehead atoms. The van der Waals surface area contributed by atoms with Crippen molar-refractivity contribution in [2.45, 2.75) is 75.6 Å². The molecule has 1 aromatic heterocycles. The Morgan fingerprint density at radius 1 is 1.15 bits per heavy atom. The van der Waals surface area contributed by atoms with Crippen LogP contribution in [-0.4, -0.2) is 70.6 Å². The number of ether oxygens (including phenoxy) is 2. The molecule has 1 saturated carbocycles. The van der Waals surface area contributed by atoms with Gasteiger partial charge in [-0.05, 0) is 62.4 Å². The van der Waals surface area contributed by atoms with Crippen LogP contribution in [0.2, 0.25) is 0 Å². The number of para-hydroxylation sites is 1. The van der Waals surface area contributed by atoms with E-state index in [-0.39, 0.29) is 25.5 Å². The first kappa shape index (κ1) is 32.6. The van der Waals surface area contributed by atoms with Crippen molar-refractivity contribution >= 4 is 50.7 Å². The van der Waals surface area contributed by atoms with Crippen molar-refractivity contribution in [3.05, 3.63) is 71.2 Å². The van der Waals surface area contributed by atoms with Crippen LogP contribution in [0.5, 0.6) is 5.88 Å². The van der Waals surface area contributed by atoms with Gasteiger partial charge in [-0.3, -0.25) is 9.59 Å². The quantitative estimate of drug-likeness (QED) is 0.152. The number of aromatic nitrogens is 1. The second-order valence-electron chi connectivity index (χ2n) is 12.3. The summed E-state index contributed by atoms with van der Waals surface area (Å²) >= 11 is 3.56. The van der Waals surface area contributed by atoms with Crippen LogP contribution in [-0.2, 0) is 23.9 Å². The van der Waals surface area contributed by atoms with Gasteiger partial charge in [0.15, 0.2) is 0 Å². The first-order valence-electron chi connectivity index (χ1n) is 16.2. The van der Waals surface area contributed by atoms with E-state index >= 15 is 0 Å². The summed E-state index contributed by atoms with van der Waals surface area (Å²) in [6, 6.07) is 15.6. The minimum Gasteiger partial charge on any atom is -0.472 e. The summed E-state index contributed by atoms with van der Waals surface area (Å²) < 4.78 is 12.9. The summed E-state index contributed by atoms with van der Waals surface area (Å²) in [5.41, 5.74) is 1.21. The van der Waals surface area contributed by atoms with Crippen LogP contribution in [0.4, 0.5) is 0 Å². The SMILES string of the molecule is CCOC(=O)[C@@]12C[C@H]1/C=C\CCCCC[C@H](N=C=O)C(=O)N1C[C@H](Oc3nc4ccccc4cc3-c3cccc(Br)c3)C[C@H]1C(=O)N2. The molecule has 3 aliphatic rings. The highest BCUT2D eigenvalue weighted by molar-refractivity contribution is 9.10. The summed E-state index contributed by atoms with van der Waals surface area (Å²) in [6.45, 7) is 1.98. The number of allylic oxidation sites excluding steroid dienone is 1. The molecule has 0 unspecified atom stereocenters. The van der Waals surface area contributed by atoms with Gasteiger partial charge in [0.2, 0.25) is 23.8 Å². The number of benzene rings is 2. The molecule has 2 aromatic carbocycles. The van der Waals surface area contributed by atoms with Crippen LogP contribution >= 0.6 is 15.9 Å². The van der Waals surface area contributed by atoms with Crippen LogP contribution < -0.4 is 10.1 Å². The number of hydrogen-bond acceptors (Lipinski definition) is 8. The fourth-order valence-corrected chi connectivity index (χ4v) is 7.03. The molecule has 2 fully saturated rings. The molecule has 3 aromatic rings. The van der Waals surface area contributed by atoms with Crippen molar-refractivity contribution in [2.75, 3.05) is 13.2 Å². The Kier molecular flexibility index (Phi) is 9.84. The highest BCUT2D eigenvalue weighted by atomic mass is 79.9. The van der Waals surface area contributed by atoms with Crippen LogP contribution in [0, 0.1) is 5.92 Å². The van der Waals surface area contributed by atoms with Crippen molar-refractivity contribution in [3.8, 4) is 17.0 Å².